The lowest BCUT2D eigenvalue weighted by Gasteiger charge is -2.31. The highest BCUT2D eigenvalue weighted by atomic mass is 32.1. The van der Waals surface area contributed by atoms with E-state index in [1.54, 1.807) is 11.1 Å². The molecule has 1 saturated heterocycles. The maximum absolute atomic E-state index is 13.1. The van der Waals surface area contributed by atoms with Crippen LogP contribution in [0.5, 0.6) is 0 Å². The number of nitrogens with one attached hydrogen (secondary N) is 1. The molecule has 0 aliphatic carbocycles. The van der Waals surface area contributed by atoms with Gasteiger partial charge >= 0.3 is 0 Å². The molecule has 3 heterocycles. The Bertz CT molecular complexity index is 1000. The zero-order valence-electron chi connectivity index (χ0n) is 16.2. The summed E-state index contributed by atoms with van der Waals surface area (Å²) < 4.78 is 0. The van der Waals surface area contributed by atoms with E-state index in [1.165, 1.54) is 11.3 Å². The van der Waals surface area contributed by atoms with E-state index in [9.17, 15) is 9.59 Å². The van der Waals surface area contributed by atoms with Crippen LogP contribution in [-0.4, -0.2) is 39.8 Å². The number of carbonyl (C=O) groups excluding carboxylic acids is 2. The second-order valence-electron chi connectivity index (χ2n) is 7.09. The van der Waals surface area contributed by atoms with E-state index in [-0.39, 0.29) is 17.7 Å². The highest BCUT2D eigenvalue weighted by molar-refractivity contribution is 7.17. The van der Waals surface area contributed by atoms with Gasteiger partial charge in [-0.3, -0.25) is 14.6 Å². The zero-order chi connectivity index (χ0) is 20.2. The van der Waals surface area contributed by atoms with Gasteiger partial charge < -0.3 is 10.2 Å². The molecule has 0 saturated carbocycles. The van der Waals surface area contributed by atoms with Gasteiger partial charge in [-0.15, -0.1) is 11.3 Å². The predicted molar refractivity (Wildman–Crippen MR) is 114 cm³/mol. The highest BCUT2D eigenvalue weighted by Gasteiger charge is 2.30. The molecule has 3 aromatic rings. The van der Waals surface area contributed by atoms with Crippen LogP contribution in [0.3, 0.4) is 0 Å². The fourth-order valence-electron chi connectivity index (χ4n) is 3.48. The van der Waals surface area contributed by atoms with Crippen molar-refractivity contribution in [2.45, 2.75) is 19.8 Å². The molecule has 148 valence electrons. The summed E-state index contributed by atoms with van der Waals surface area (Å²) in [5, 5.41) is 3.69. The van der Waals surface area contributed by atoms with Gasteiger partial charge in [0.15, 0.2) is 0 Å². The molecule has 0 bridgehead atoms. The Hall–Kier alpha value is -3.06. The Morgan fingerprint density at radius 2 is 1.93 bits per heavy atom. The lowest BCUT2D eigenvalue weighted by molar-refractivity contribution is -0.121. The van der Waals surface area contributed by atoms with E-state index in [2.05, 4.69) is 15.3 Å². The fourth-order valence-corrected chi connectivity index (χ4v) is 4.49. The topological polar surface area (TPSA) is 75.2 Å². The normalized spacial score (nSPS) is 16.4. The maximum Gasteiger partial charge on any atom is 0.265 e. The van der Waals surface area contributed by atoms with Gasteiger partial charge in [0.25, 0.3) is 5.91 Å². The fraction of sp³-hybridized carbons (Fsp3) is 0.273. The molecule has 2 aromatic heterocycles. The molecule has 1 unspecified atom stereocenters. The molecule has 29 heavy (non-hydrogen) atoms. The predicted octanol–water partition coefficient (Wildman–Crippen LogP) is 4.00. The third-order valence-corrected chi connectivity index (χ3v) is 6.16. The minimum atomic E-state index is -0.212. The van der Waals surface area contributed by atoms with Crippen LogP contribution in [-0.2, 0) is 4.79 Å². The highest BCUT2D eigenvalue weighted by Crippen LogP contribution is 2.29. The molecule has 1 fully saturated rings. The van der Waals surface area contributed by atoms with Gasteiger partial charge in [0.2, 0.25) is 5.91 Å². The van der Waals surface area contributed by atoms with E-state index < -0.39 is 0 Å². The smallest absolute Gasteiger partial charge is 0.265 e. The van der Waals surface area contributed by atoms with Crippen molar-refractivity contribution in [1.29, 1.82) is 0 Å². The number of likely N-dealkylation sites (tertiary alicyclic amines) is 1. The summed E-state index contributed by atoms with van der Waals surface area (Å²) >= 11 is 1.36. The van der Waals surface area contributed by atoms with Crippen molar-refractivity contribution in [1.82, 2.24) is 14.9 Å². The molecule has 2 amide bonds. The first-order valence-electron chi connectivity index (χ1n) is 9.66. The number of piperidine rings is 1. The van der Waals surface area contributed by atoms with Crippen molar-refractivity contribution < 1.29 is 9.59 Å². The van der Waals surface area contributed by atoms with Gasteiger partial charge in [-0.05, 0) is 44.0 Å². The Morgan fingerprint density at radius 1 is 1.14 bits per heavy atom. The quantitative estimate of drug-likeness (QED) is 0.710. The Kier molecular flexibility index (Phi) is 5.67. The molecule has 7 heteroatoms. The van der Waals surface area contributed by atoms with Crippen molar-refractivity contribution >= 4 is 28.8 Å². The summed E-state index contributed by atoms with van der Waals surface area (Å²) in [6.45, 7) is 2.93. The van der Waals surface area contributed by atoms with E-state index in [0.717, 1.165) is 29.2 Å². The summed E-state index contributed by atoms with van der Waals surface area (Å²) in [5.74, 6) is -0.306. The number of aromatic nitrogens is 2. The second kappa shape index (κ2) is 8.53. The minimum absolute atomic E-state index is 0.0381. The zero-order valence-corrected chi connectivity index (χ0v) is 17.0. The van der Waals surface area contributed by atoms with E-state index >= 15 is 0 Å². The van der Waals surface area contributed by atoms with Gasteiger partial charge in [0.1, 0.15) is 9.88 Å². The second-order valence-corrected chi connectivity index (χ2v) is 8.09. The molecular formula is C22H22N4O2S. The van der Waals surface area contributed by atoms with Crippen LogP contribution in [0.25, 0.3) is 10.7 Å². The maximum atomic E-state index is 13.1. The molecule has 6 nitrogen and oxygen atoms in total. The number of aryl methyl sites for hydroxylation is 1. The number of hydrogen-bond donors (Lipinski definition) is 1. The van der Waals surface area contributed by atoms with E-state index in [0.29, 0.717) is 23.7 Å². The lowest BCUT2D eigenvalue weighted by atomic mass is 9.96. The number of anilines is 1. The third kappa shape index (κ3) is 4.35. The van der Waals surface area contributed by atoms with Crippen LogP contribution in [0.1, 0.15) is 28.2 Å². The average molecular weight is 407 g/mol. The number of hydrogen-bond acceptors (Lipinski definition) is 5. The van der Waals surface area contributed by atoms with Gasteiger partial charge in [-0.25, -0.2) is 4.98 Å². The molecule has 1 atom stereocenters. The van der Waals surface area contributed by atoms with Crippen molar-refractivity contribution in [3.63, 3.8) is 0 Å². The molecule has 0 radical (unpaired) electrons. The summed E-state index contributed by atoms with van der Waals surface area (Å²) in [6, 6.07) is 15.1. The SMILES string of the molecule is Cc1nc(-c2ccccn2)sc1C(=O)N1CCCC(C(=O)Nc2ccccc2)C1. The van der Waals surface area contributed by atoms with Crippen LogP contribution in [0.4, 0.5) is 5.69 Å². The van der Waals surface area contributed by atoms with Crippen LogP contribution in [0.15, 0.2) is 54.7 Å². The van der Waals surface area contributed by atoms with Crippen molar-refractivity contribution in [2.24, 2.45) is 5.92 Å². The van der Waals surface area contributed by atoms with Crippen LogP contribution in [0, 0.1) is 12.8 Å². The average Bonchev–Trinajstić information content (AvgIpc) is 3.16. The standard InChI is InChI=1S/C22H22N4O2S/c1-15-19(29-21(24-15)18-11-5-6-12-23-18)22(28)26-13-7-8-16(14-26)20(27)25-17-9-3-2-4-10-17/h2-6,9-12,16H,7-8,13-14H2,1H3,(H,25,27). The van der Waals surface area contributed by atoms with Crippen LogP contribution < -0.4 is 5.32 Å². The lowest BCUT2D eigenvalue weighted by Crippen LogP contribution is -2.43. The van der Waals surface area contributed by atoms with Crippen LogP contribution >= 0.6 is 11.3 Å². The van der Waals surface area contributed by atoms with E-state index in [1.807, 2.05) is 55.5 Å². The molecule has 0 spiro atoms. The van der Waals surface area contributed by atoms with Crippen molar-refractivity contribution in [3.05, 3.63) is 65.3 Å². The first kappa shape index (κ1) is 19.3. The molecule has 1 N–H and O–H groups in total. The number of nitrogens with zero attached hydrogens (tertiary/aromatic N) is 3. The minimum Gasteiger partial charge on any atom is -0.337 e. The first-order valence-corrected chi connectivity index (χ1v) is 10.5. The van der Waals surface area contributed by atoms with Gasteiger partial charge in [-0.1, -0.05) is 24.3 Å². The Morgan fingerprint density at radius 3 is 2.69 bits per heavy atom. The summed E-state index contributed by atoms with van der Waals surface area (Å²) in [4.78, 5) is 37.1. The molecule has 1 aromatic carbocycles. The molecule has 1 aliphatic rings. The number of pyridine rings is 1. The monoisotopic (exact) mass is 406 g/mol. The number of carbonyl (C=O) groups is 2. The Labute approximate surface area is 173 Å². The summed E-state index contributed by atoms with van der Waals surface area (Å²) in [6.07, 6.45) is 3.31. The Balaban J connectivity index is 1.46. The summed E-state index contributed by atoms with van der Waals surface area (Å²) in [5.41, 5.74) is 2.24. The van der Waals surface area contributed by atoms with Gasteiger partial charge in [0, 0.05) is 25.0 Å². The number of para-hydroxylation sites is 1. The van der Waals surface area contributed by atoms with Gasteiger partial charge in [-0.2, -0.15) is 0 Å². The van der Waals surface area contributed by atoms with Crippen LogP contribution in [0.2, 0.25) is 0 Å². The van der Waals surface area contributed by atoms with Gasteiger partial charge in [0.05, 0.1) is 17.3 Å². The molecule has 1 aliphatic heterocycles. The van der Waals surface area contributed by atoms with E-state index in [4.69, 9.17) is 0 Å². The summed E-state index contributed by atoms with van der Waals surface area (Å²) in [7, 11) is 0. The first-order chi connectivity index (χ1) is 14.1. The van der Waals surface area contributed by atoms with Crippen molar-refractivity contribution in [2.75, 3.05) is 18.4 Å². The third-order valence-electron chi connectivity index (χ3n) is 5.00. The number of thiazole rings is 1. The number of rotatable bonds is 4. The number of benzene rings is 1. The van der Waals surface area contributed by atoms with Crippen molar-refractivity contribution in [3.8, 4) is 10.7 Å². The molecular weight excluding hydrogens is 384 g/mol. The number of amides is 2. The molecule has 4 rings (SSSR count). The largest absolute Gasteiger partial charge is 0.337 e.